The molecule has 0 amide bonds. The number of pyridine rings is 1. The van der Waals surface area contributed by atoms with E-state index in [1.165, 1.54) is 13.2 Å². The average Bonchev–Trinajstić information content (AvgIpc) is 2.47. The summed E-state index contributed by atoms with van der Waals surface area (Å²) in [6.07, 6.45) is 2.42. The van der Waals surface area contributed by atoms with Crippen molar-refractivity contribution in [2.45, 2.75) is 6.54 Å². The fraction of sp³-hybridized carbons (Fsp3) is 0.250. The second-order valence-electron chi connectivity index (χ2n) is 4.36. The Morgan fingerprint density at radius 3 is 2.62 bits per heavy atom. The van der Waals surface area contributed by atoms with E-state index < -0.39 is 21.9 Å². The van der Waals surface area contributed by atoms with Gasteiger partial charge in [0.25, 0.3) is 0 Å². The third kappa shape index (κ3) is 2.81. The predicted octanol–water partition coefficient (Wildman–Crippen LogP) is -0.0598. The van der Waals surface area contributed by atoms with Crippen molar-refractivity contribution in [1.29, 1.82) is 0 Å². The van der Waals surface area contributed by atoms with Crippen molar-refractivity contribution in [2.24, 2.45) is 7.05 Å². The summed E-state index contributed by atoms with van der Waals surface area (Å²) in [5.41, 5.74) is -1.60. The molecule has 0 saturated carbocycles. The monoisotopic (exact) mass is 291 g/mol. The molecule has 2 aromatic rings. The fourth-order valence-corrected chi connectivity index (χ4v) is 1.82. The van der Waals surface area contributed by atoms with Gasteiger partial charge in [-0.05, 0) is 11.6 Å². The van der Waals surface area contributed by atoms with Gasteiger partial charge in [0.05, 0.1) is 17.7 Å². The molecule has 2 aromatic heterocycles. The molecule has 0 saturated heterocycles. The summed E-state index contributed by atoms with van der Waals surface area (Å²) in [4.78, 5) is 38.0. The molecule has 0 spiro atoms. The molecule has 2 rings (SSSR count). The van der Waals surface area contributed by atoms with Gasteiger partial charge in [0.1, 0.15) is 5.82 Å². The molecule has 2 heterocycles. The quantitative estimate of drug-likeness (QED) is 0.624. The van der Waals surface area contributed by atoms with Crippen LogP contribution in [-0.2, 0) is 13.6 Å². The highest BCUT2D eigenvalue weighted by Crippen LogP contribution is 2.05. The van der Waals surface area contributed by atoms with Crippen molar-refractivity contribution in [3.05, 3.63) is 61.0 Å². The highest BCUT2D eigenvalue weighted by Gasteiger charge is 2.18. The number of hydrogen-bond acceptors (Lipinski definition) is 6. The van der Waals surface area contributed by atoms with Crippen molar-refractivity contribution in [3.8, 4) is 0 Å². The first-order chi connectivity index (χ1) is 9.93. The van der Waals surface area contributed by atoms with Crippen LogP contribution in [0.4, 0.5) is 11.5 Å². The summed E-state index contributed by atoms with van der Waals surface area (Å²) in [6.45, 7) is -0.0792. The molecule has 0 radical (unpaired) electrons. The maximum absolute atomic E-state index is 12.0. The number of hydrogen-bond donors (Lipinski definition) is 1. The van der Waals surface area contributed by atoms with Crippen LogP contribution >= 0.6 is 0 Å². The molecule has 0 fully saturated rings. The zero-order valence-electron chi connectivity index (χ0n) is 11.4. The molecule has 0 unspecified atom stereocenters. The van der Waals surface area contributed by atoms with Gasteiger partial charge in [0.2, 0.25) is 0 Å². The summed E-state index contributed by atoms with van der Waals surface area (Å²) in [6, 6.07) is 3.37. The Balaban J connectivity index is 2.50. The van der Waals surface area contributed by atoms with Gasteiger partial charge in [-0.25, -0.2) is 14.3 Å². The highest BCUT2D eigenvalue weighted by molar-refractivity contribution is 5.34. The maximum Gasteiger partial charge on any atom is 0.350 e. The van der Waals surface area contributed by atoms with Gasteiger partial charge in [-0.15, -0.1) is 0 Å². The lowest BCUT2D eigenvalue weighted by molar-refractivity contribution is -0.387. The minimum absolute atomic E-state index is 0.0792. The molecule has 9 heteroatoms. The summed E-state index contributed by atoms with van der Waals surface area (Å²) in [5.74, 6) is 0.637. The van der Waals surface area contributed by atoms with Gasteiger partial charge in [0, 0.05) is 20.3 Å². The van der Waals surface area contributed by atoms with Crippen molar-refractivity contribution >= 4 is 11.5 Å². The van der Waals surface area contributed by atoms with Crippen molar-refractivity contribution in [2.75, 3.05) is 12.4 Å². The molecule has 0 aromatic carbocycles. The Hall–Kier alpha value is -2.97. The Bertz CT molecular complexity index is 791. The number of aromatic nitrogens is 3. The van der Waals surface area contributed by atoms with Crippen LogP contribution in [0.25, 0.3) is 0 Å². The Morgan fingerprint density at radius 1 is 1.38 bits per heavy atom. The zero-order valence-corrected chi connectivity index (χ0v) is 11.4. The minimum atomic E-state index is -0.930. The molecule has 9 nitrogen and oxygen atoms in total. The number of rotatable bonds is 4. The second-order valence-corrected chi connectivity index (χ2v) is 4.36. The van der Waals surface area contributed by atoms with Gasteiger partial charge >= 0.3 is 16.9 Å². The summed E-state index contributed by atoms with van der Waals surface area (Å²) in [5, 5.41) is 13.7. The topological polar surface area (TPSA) is 112 Å². The zero-order chi connectivity index (χ0) is 15.6. The lowest BCUT2D eigenvalue weighted by Crippen LogP contribution is -2.39. The second kappa shape index (κ2) is 5.57. The van der Waals surface area contributed by atoms with Crippen LogP contribution in [0.1, 0.15) is 5.56 Å². The van der Waals surface area contributed by atoms with E-state index in [-0.39, 0.29) is 6.54 Å². The van der Waals surface area contributed by atoms with Crippen LogP contribution in [-0.4, -0.2) is 26.1 Å². The van der Waals surface area contributed by atoms with E-state index in [1.54, 1.807) is 19.2 Å². The van der Waals surface area contributed by atoms with Gasteiger partial charge < -0.3 is 5.32 Å². The van der Waals surface area contributed by atoms with Crippen LogP contribution in [0.3, 0.4) is 0 Å². The Kier molecular flexibility index (Phi) is 3.83. The molecule has 0 atom stereocenters. The molecule has 110 valence electrons. The van der Waals surface area contributed by atoms with Gasteiger partial charge in [-0.2, -0.15) is 0 Å². The summed E-state index contributed by atoms with van der Waals surface area (Å²) < 4.78 is 1.82. The maximum atomic E-state index is 12.0. The third-order valence-corrected chi connectivity index (χ3v) is 2.93. The van der Waals surface area contributed by atoms with E-state index in [2.05, 4.69) is 10.3 Å². The first-order valence-corrected chi connectivity index (χ1v) is 6.01. The van der Waals surface area contributed by atoms with Crippen LogP contribution < -0.4 is 16.6 Å². The molecule has 0 aliphatic carbocycles. The number of nitro groups is 1. The molecule has 1 N–H and O–H groups in total. The number of nitrogens with one attached hydrogen (secondary N) is 1. The highest BCUT2D eigenvalue weighted by atomic mass is 16.6. The predicted molar refractivity (Wildman–Crippen MR) is 75.5 cm³/mol. The van der Waals surface area contributed by atoms with Crippen molar-refractivity contribution < 1.29 is 4.92 Å². The van der Waals surface area contributed by atoms with Crippen LogP contribution in [0.15, 0.2) is 34.1 Å². The smallest absolute Gasteiger partial charge is 0.350 e. The van der Waals surface area contributed by atoms with Gasteiger partial charge in [0.15, 0.2) is 0 Å². The lowest BCUT2D eigenvalue weighted by Gasteiger charge is -2.07. The van der Waals surface area contributed by atoms with Crippen LogP contribution in [0.2, 0.25) is 0 Å². The van der Waals surface area contributed by atoms with E-state index in [0.717, 1.165) is 15.3 Å². The Labute approximate surface area is 118 Å². The summed E-state index contributed by atoms with van der Waals surface area (Å²) in [7, 11) is 3.07. The molecule has 0 aliphatic rings. The average molecular weight is 291 g/mol. The van der Waals surface area contributed by atoms with E-state index in [4.69, 9.17) is 0 Å². The van der Waals surface area contributed by atoms with Gasteiger partial charge in [-0.3, -0.25) is 19.5 Å². The Morgan fingerprint density at radius 2 is 2.10 bits per heavy atom. The van der Waals surface area contributed by atoms with Crippen LogP contribution in [0.5, 0.6) is 0 Å². The standard InChI is InChI=1S/C12H13N5O4/c1-13-10-4-3-8(5-14-10)6-16-11(18)9(17(20)21)7-15(2)12(16)19/h3-5,7H,6H2,1-2H3,(H,13,14). The molecular formula is C12H13N5O4. The molecular weight excluding hydrogens is 278 g/mol. The molecule has 21 heavy (non-hydrogen) atoms. The van der Waals surface area contributed by atoms with E-state index in [9.17, 15) is 19.7 Å². The molecule has 0 bridgehead atoms. The summed E-state index contributed by atoms with van der Waals surface area (Å²) >= 11 is 0. The lowest BCUT2D eigenvalue weighted by atomic mass is 10.3. The number of aryl methyl sites for hydroxylation is 1. The van der Waals surface area contributed by atoms with E-state index in [0.29, 0.717) is 11.4 Å². The van der Waals surface area contributed by atoms with Gasteiger partial charge in [-0.1, -0.05) is 6.07 Å². The fourth-order valence-electron chi connectivity index (χ4n) is 1.82. The molecule has 0 aliphatic heterocycles. The van der Waals surface area contributed by atoms with E-state index in [1.807, 2.05) is 0 Å². The van der Waals surface area contributed by atoms with Crippen LogP contribution in [0, 0.1) is 10.1 Å². The van der Waals surface area contributed by atoms with Crippen molar-refractivity contribution in [1.82, 2.24) is 14.1 Å². The van der Waals surface area contributed by atoms with E-state index >= 15 is 0 Å². The first-order valence-electron chi connectivity index (χ1n) is 6.01. The minimum Gasteiger partial charge on any atom is -0.373 e. The largest absolute Gasteiger partial charge is 0.373 e. The third-order valence-electron chi connectivity index (χ3n) is 2.93. The van der Waals surface area contributed by atoms with Crippen molar-refractivity contribution in [3.63, 3.8) is 0 Å². The normalized spacial score (nSPS) is 10.4. The SMILES string of the molecule is CNc1ccc(Cn2c(=O)c([N+](=O)[O-])cn(C)c2=O)cn1. The first kappa shape index (κ1) is 14.4. The number of anilines is 1. The number of nitrogens with zero attached hydrogens (tertiary/aromatic N) is 4.